The largest absolute Gasteiger partial charge is 0.461 e. The van der Waals surface area contributed by atoms with Gasteiger partial charge in [-0.3, -0.25) is 28.8 Å². The minimum absolute atomic E-state index is 0. The molecule has 6 aromatic heterocycles. The summed E-state index contributed by atoms with van der Waals surface area (Å²) in [6.45, 7) is 0. The first-order valence-corrected chi connectivity index (χ1v) is 13.2. The van der Waals surface area contributed by atoms with Crippen LogP contribution in [-0.4, -0.2) is 34.7 Å². The number of carbonyl (C=O) groups is 6. The molecule has 0 bridgehead atoms. The molecule has 0 atom stereocenters. The first kappa shape index (κ1) is 35.8. The second-order valence-electron chi connectivity index (χ2n) is 8.93. The van der Waals surface area contributed by atoms with Crippen LogP contribution in [0.4, 0.5) is 0 Å². The van der Waals surface area contributed by atoms with Gasteiger partial charge in [0.2, 0.25) is 34.7 Å². The first-order valence-electron chi connectivity index (χ1n) is 13.2. The fourth-order valence-electron chi connectivity index (χ4n) is 3.58. The topological polar surface area (TPSA) is 181 Å². The van der Waals surface area contributed by atoms with Crippen molar-refractivity contribution in [1.29, 1.82) is 0 Å². The van der Waals surface area contributed by atoms with E-state index in [1.807, 2.05) is 0 Å². The molecule has 0 aliphatic rings. The van der Waals surface area contributed by atoms with Gasteiger partial charge in [-0.25, -0.2) is 0 Å². The average molecular weight is 765 g/mol. The molecule has 0 N–H and O–H groups in total. The summed E-state index contributed by atoms with van der Waals surface area (Å²) in [5.74, 6) is -0.937. The molecule has 1 radical (unpaired) electrons. The summed E-state index contributed by atoms with van der Waals surface area (Å²) in [4.78, 5) is 68.7. The molecule has 6 rings (SSSR count). The average Bonchev–Trinajstić information content (AvgIpc) is 3.91. The SMILES string of the molecule is O=C(CC(=O)c1ccco1)c1ccco1.O=C(CC(=O)c1ccco1)c1ccco1.O=C(CC(=O)c1ccco1)c1ccco1.[Eu]. The zero-order valence-corrected chi connectivity index (χ0v) is 26.2. The number of ketones is 6. The Kier molecular flexibility index (Phi) is 14.2. The van der Waals surface area contributed by atoms with Gasteiger partial charge in [0.15, 0.2) is 34.6 Å². The zero-order valence-electron chi connectivity index (χ0n) is 23.8. The zero-order chi connectivity index (χ0) is 32.0. The maximum atomic E-state index is 11.5. The Morgan fingerprint density at radius 2 is 0.478 bits per heavy atom. The van der Waals surface area contributed by atoms with Gasteiger partial charge in [-0.05, 0) is 72.8 Å². The molecule has 0 spiro atoms. The fraction of sp³-hybridized carbons (Fsp3) is 0.0909. The Morgan fingerprint density at radius 3 is 0.587 bits per heavy atom. The van der Waals surface area contributed by atoms with Gasteiger partial charge in [0.05, 0.1) is 56.8 Å². The predicted octanol–water partition coefficient (Wildman–Crippen LogP) is 6.98. The Balaban J connectivity index is 0.000000186. The summed E-state index contributed by atoms with van der Waals surface area (Å²) >= 11 is 0. The summed E-state index contributed by atoms with van der Waals surface area (Å²) in [5.41, 5.74) is 0. The molecule has 0 aliphatic carbocycles. The van der Waals surface area contributed by atoms with Crippen LogP contribution in [0.15, 0.2) is 137 Å². The number of hydrogen-bond acceptors (Lipinski definition) is 12. The van der Waals surface area contributed by atoms with Crippen molar-refractivity contribution < 1.29 is 105 Å². The molecule has 12 nitrogen and oxygen atoms in total. The van der Waals surface area contributed by atoms with Crippen LogP contribution in [-0.2, 0) is 0 Å². The maximum absolute atomic E-state index is 11.5. The maximum Gasteiger partial charge on any atom is 0.205 e. The van der Waals surface area contributed by atoms with E-state index in [1.54, 1.807) is 36.4 Å². The summed E-state index contributed by atoms with van der Waals surface area (Å²) in [6, 6.07) is 18.8. The van der Waals surface area contributed by atoms with Crippen LogP contribution in [0.2, 0.25) is 0 Å². The van der Waals surface area contributed by atoms with Crippen molar-refractivity contribution in [1.82, 2.24) is 0 Å². The van der Waals surface area contributed by atoms with Gasteiger partial charge in [-0.2, -0.15) is 0 Å². The minimum Gasteiger partial charge on any atom is -0.461 e. The van der Waals surface area contributed by atoms with Crippen LogP contribution < -0.4 is 0 Å². The van der Waals surface area contributed by atoms with Crippen molar-refractivity contribution in [2.24, 2.45) is 0 Å². The summed E-state index contributed by atoms with van der Waals surface area (Å²) in [6.07, 6.45) is 7.66. The smallest absolute Gasteiger partial charge is 0.205 e. The van der Waals surface area contributed by atoms with Gasteiger partial charge in [-0.1, -0.05) is 0 Å². The van der Waals surface area contributed by atoms with E-state index in [9.17, 15) is 28.8 Å². The van der Waals surface area contributed by atoms with E-state index in [-0.39, 0.29) is 138 Å². The first-order chi connectivity index (χ1) is 21.8. The molecule has 0 aromatic carbocycles. The third kappa shape index (κ3) is 10.7. The van der Waals surface area contributed by atoms with Crippen LogP contribution >= 0.6 is 0 Å². The summed E-state index contributed by atoms with van der Waals surface area (Å²) in [7, 11) is 0. The molecule has 0 unspecified atom stereocenters. The van der Waals surface area contributed by atoms with Gasteiger partial charge in [0, 0.05) is 49.4 Å². The van der Waals surface area contributed by atoms with Crippen LogP contribution in [0.5, 0.6) is 0 Å². The normalized spacial score (nSPS) is 9.91. The molecule has 0 saturated heterocycles. The Labute approximate surface area is 301 Å². The van der Waals surface area contributed by atoms with E-state index in [2.05, 4.69) is 0 Å². The second-order valence-corrected chi connectivity index (χ2v) is 8.93. The number of furan rings is 6. The number of hydrogen-bond donors (Lipinski definition) is 0. The van der Waals surface area contributed by atoms with Gasteiger partial charge >= 0.3 is 0 Å². The van der Waals surface area contributed by atoms with Crippen molar-refractivity contribution in [3.8, 4) is 0 Å². The number of Topliss-reactive ketones (excluding diaryl/α,β-unsaturated/α-hetero) is 6. The van der Waals surface area contributed by atoms with E-state index in [0.717, 1.165) is 0 Å². The van der Waals surface area contributed by atoms with Crippen LogP contribution in [0.3, 0.4) is 0 Å². The monoisotopic (exact) mass is 765 g/mol. The molecule has 0 fully saturated rings. The standard InChI is InChI=1S/3C11H8O4.Eu/c3*12-8(10-3-1-5-14-10)7-9(13)11-4-2-6-15-11;/h3*1-6H,7H2;. The quantitative estimate of drug-likeness (QED) is 0.0922. The summed E-state index contributed by atoms with van der Waals surface area (Å²) < 4.78 is 29.3. The number of rotatable bonds is 12. The molecule has 0 aliphatic heterocycles. The predicted molar refractivity (Wildman–Crippen MR) is 152 cm³/mol. The van der Waals surface area contributed by atoms with Crippen molar-refractivity contribution in [3.63, 3.8) is 0 Å². The molecule has 6 heterocycles. The van der Waals surface area contributed by atoms with Crippen molar-refractivity contribution in [3.05, 3.63) is 145 Å². The third-order valence-electron chi connectivity index (χ3n) is 5.74. The van der Waals surface area contributed by atoms with Gasteiger partial charge in [0.1, 0.15) is 0 Å². The van der Waals surface area contributed by atoms with E-state index in [4.69, 9.17) is 26.5 Å². The van der Waals surface area contributed by atoms with Gasteiger partial charge < -0.3 is 26.5 Å². The van der Waals surface area contributed by atoms with Crippen molar-refractivity contribution in [2.75, 3.05) is 0 Å². The molecular weight excluding hydrogens is 740 g/mol. The van der Waals surface area contributed by atoms with Gasteiger partial charge in [-0.15, -0.1) is 0 Å². The number of carbonyl (C=O) groups excluding carboxylic acids is 6. The van der Waals surface area contributed by atoms with E-state index >= 15 is 0 Å². The van der Waals surface area contributed by atoms with E-state index in [1.165, 1.54) is 74.0 Å². The van der Waals surface area contributed by atoms with Crippen molar-refractivity contribution in [2.45, 2.75) is 19.3 Å². The Morgan fingerprint density at radius 1 is 0.326 bits per heavy atom. The molecule has 235 valence electrons. The van der Waals surface area contributed by atoms with Crippen LogP contribution in [0.25, 0.3) is 0 Å². The van der Waals surface area contributed by atoms with Gasteiger partial charge in [0.25, 0.3) is 0 Å². The second kappa shape index (κ2) is 18.3. The molecule has 0 saturated carbocycles. The minimum atomic E-state index is -0.346. The molecule has 13 heteroatoms. The van der Waals surface area contributed by atoms with Crippen molar-refractivity contribution >= 4 is 34.7 Å². The molecule has 46 heavy (non-hydrogen) atoms. The Hall–Kier alpha value is -4.72. The van der Waals surface area contributed by atoms with E-state index < -0.39 is 0 Å². The third-order valence-corrected chi connectivity index (χ3v) is 5.74. The van der Waals surface area contributed by atoms with E-state index in [0.29, 0.717) is 0 Å². The van der Waals surface area contributed by atoms with Crippen LogP contribution in [0.1, 0.15) is 82.6 Å². The molecule has 6 aromatic rings. The molecule has 0 amide bonds. The van der Waals surface area contributed by atoms with Crippen LogP contribution in [0, 0.1) is 49.4 Å². The Bertz CT molecular complexity index is 1440. The molecular formula is C33H24EuO12. The summed E-state index contributed by atoms with van der Waals surface area (Å²) in [5, 5.41) is 0. The fourth-order valence-corrected chi connectivity index (χ4v) is 3.58.